The first kappa shape index (κ1) is 19.6. The van der Waals surface area contributed by atoms with E-state index in [1.807, 2.05) is 0 Å². The zero-order valence-electron chi connectivity index (χ0n) is 13.6. The Morgan fingerprint density at radius 2 is 2.04 bits per heavy atom. The Labute approximate surface area is 141 Å². The van der Waals surface area contributed by atoms with Gasteiger partial charge < -0.3 is 26.6 Å². The Hall–Kier alpha value is -0.755. The summed E-state index contributed by atoms with van der Waals surface area (Å²) in [5, 5.41) is 27.2. The van der Waals surface area contributed by atoms with Crippen LogP contribution in [0, 0.1) is 5.92 Å². The molecule has 1 aliphatic carbocycles. The predicted molar refractivity (Wildman–Crippen MR) is 86.9 cm³/mol. The summed E-state index contributed by atoms with van der Waals surface area (Å²) >= 11 is 0. The summed E-state index contributed by atoms with van der Waals surface area (Å²) in [6.45, 7) is 1.32. The van der Waals surface area contributed by atoms with E-state index in [0.29, 0.717) is 12.8 Å². The molecule has 2 aliphatic rings. The fraction of sp³-hybridized carbons (Fsp3) is 0.917. The van der Waals surface area contributed by atoms with Gasteiger partial charge >= 0.3 is 13.1 Å². The molecule has 1 aliphatic heterocycles. The Kier molecular flexibility index (Phi) is 5.32. The molecule has 12 heteroatoms. The molecule has 10 nitrogen and oxygen atoms in total. The molecular weight excluding hydrogens is 339 g/mol. The summed E-state index contributed by atoms with van der Waals surface area (Å²) < 4.78 is 28.6. The van der Waals surface area contributed by atoms with Crippen molar-refractivity contribution in [2.75, 3.05) is 13.1 Å². The second-order valence-electron chi connectivity index (χ2n) is 7.08. The first-order valence-electron chi connectivity index (χ1n) is 7.84. The molecule has 24 heavy (non-hydrogen) atoms. The third kappa shape index (κ3) is 3.90. The first-order chi connectivity index (χ1) is 10.9. The maximum Gasteiger partial charge on any atom is 0.451 e. The zero-order valence-corrected chi connectivity index (χ0v) is 14.4. The molecule has 0 radical (unpaired) electrons. The van der Waals surface area contributed by atoms with E-state index < -0.39 is 40.3 Å². The smallest absolute Gasteiger partial charge is 0.451 e. The van der Waals surface area contributed by atoms with Crippen molar-refractivity contribution in [3.05, 3.63) is 0 Å². The van der Waals surface area contributed by atoms with E-state index in [1.54, 1.807) is 6.92 Å². The Bertz CT molecular complexity index is 604. The second kappa shape index (κ2) is 6.52. The highest BCUT2D eigenvalue weighted by Crippen LogP contribution is 2.36. The fourth-order valence-corrected chi connectivity index (χ4v) is 4.80. The van der Waals surface area contributed by atoms with Crippen LogP contribution >= 0.6 is 0 Å². The molecule has 0 spiro atoms. The monoisotopic (exact) mass is 364 g/mol. The van der Waals surface area contributed by atoms with Gasteiger partial charge in [-0.15, -0.1) is 0 Å². The summed E-state index contributed by atoms with van der Waals surface area (Å²) in [6.07, 6.45) is 1.20. The van der Waals surface area contributed by atoms with Crippen LogP contribution in [0.1, 0.15) is 26.2 Å². The lowest BCUT2D eigenvalue weighted by molar-refractivity contribution is -0.144. The molecule has 8 N–H and O–H groups in total. The minimum atomic E-state index is -3.91. The highest BCUT2D eigenvalue weighted by molar-refractivity contribution is 7.87. The number of nitrogens with zero attached hydrogens (tertiary/aromatic N) is 1. The lowest BCUT2D eigenvalue weighted by Gasteiger charge is -2.25. The molecule has 1 saturated heterocycles. The average Bonchev–Trinajstić information content (AvgIpc) is 2.84. The number of hydrogen-bond acceptors (Lipinski definition) is 7. The molecule has 1 heterocycles. The van der Waals surface area contributed by atoms with Crippen molar-refractivity contribution in [2.45, 2.75) is 49.6 Å². The van der Waals surface area contributed by atoms with Gasteiger partial charge in [0.05, 0.1) is 0 Å². The molecule has 4 atom stereocenters. The molecule has 0 aromatic carbocycles. The van der Waals surface area contributed by atoms with Crippen molar-refractivity contribution in [2.24, 2.45) is 17.4 Å². The minimum absolute atomic E-state index is 0.0367. The van der Waals surface area contributed by atoms with Crippen LogP contribution in [-0.2, 0) is 15.0 Å². The maximum absolute atomic E-state index is 12.5. The number of rotatable bonds is 8. The van der Waals surface area contributed by atoms with Crippen molar-refractivity contribution in [3.63, 3.8) is 0 Å². The van der Waals surface area contributed by atoms with Gasteiger partial charge in [0.15, 0.2) is 0 Å². The minimum Gasteiger partial charge on any atom is -0.480 e. The van der Waals surface area contributed by atoms with Crippen molar-refractivity contribution in [1.82, 2.24) is 9.03 Å². The lowest BCUT2D eigenvalue weighted by atomic mass is 9.78. The number of carbonyl (C=O) groups is 1. The highest BCUT2D eigenvalue weighted by Gasteiger charge is 2.55. The van der Waals surface area contributed by atoms with Gasteiger partial charge in [-0.05, 0) is 26.1 Å². The summed E-state index contributed by atoms with van der Waals surface area (Å²) in [6, 6.07) is -0.265. The molecule has 0 amide bonds. The summed E-state index contributed by atoms with van der Waals surface area (Å²) in [5.74, 6) is -1.89. The van der Waals surface area contributed by atoms with Gasteiger partial charge in [0, 0.05) is 30.6 Å². The third-order valence-corrected chi connectivity index (χ3v) is 6.69. The van der Waals surface area contributed by atoms with Crippen LogP contribution in [0.15, 0.2) is 0 Å². The van der Waals surface area contributed by atoms with Gasteiger partial charge in [-0.25, -0.2) is 0 Å². The average molecular weight is 364 g/mol. The normalized spacial score (nSPS) is 36.7. The van der Waals surface area contributed by atoms with Crippen molar-refractivity contribution in [1.29, 1.82) is 0 Å². The molecule has 1 saturated carbocycles. The number of carboxylic acid groups (broad SMARTS) is 1. The molecular formula is C12H25BN4O6S. The predicted octanol–water partition coefficient (Wildman–Crippen LogP) is -2.72. The molecule has 0 unspecified atom stereocenters. The van der Waals surface area contributed by atoms with Gasteiger partial charge in [-0.3, -0.25) is 4.79 Å². The first-order valence-corrected chi connectivity index (χ1v) is 9.28. The van der Waals surface area contributed by atoms with Crippen LogP contribution in [0.3, 0.4) is 0 Å². The van der Waals surface area contributed by atoms with Crippen molar-refractivity contribution < 1.29 is 28.4 Å². The van der Waals surface area contributed by atoms with Gasteiger partial charge in [0.1, 0.15) is 5.54 Å². The summed E-state index contributed by atoms with van der Waals surface area (Å²) in [4.78, 5) is 11.6. The highest BCUT2D eigenvalue weighted by atomic mass is 32.2. The van der Waals surface area contributed by atoms with Gasteiger partial charge in [0.25, 0.3) is 10.2 Å². The summed E-state index contributed by atoms with van der Waals surface area (Å²) in [5.41, 5.74) is 9.27. The van der Waals surface area contributed by atoms with Crippen LogP contribution < -0.4 is 16.2 Å². The Balaban J connectivity index is 2.09. The number of carboxylic acids is 1. The van der Waals surface area contributed by atoms with E-state index >= 15 is 0 Å². The maximum atomic E-state index is 12.5. The number of nitrogens with one attached hydrogen (secondary N) is 1. The Morgan fingerprint density at radius 1 is 1.46 bits per heavy atom. The molecule has 2 rings (SSSR count). The molecule has 0 bridgehead atoms. The molecule has 0 aromatic rings. The largest absolute Gasteiger partial charge is 0.480 e. The van der Waals surface area contributed by atoms with E-state index in [2.05, 4.69) is 4.72 Å². The van der Waals surface area contributed by atoms with E-state index in [-0.39, 0.29) is 31.9 Å². The number of nitrogens with two attached hydrogens (primary N) is 2. The van der Waals surface area contributed by atoms with E-state index in [4.69, 9.17) is 21.5 Å². The van der Waals surface area contributed by atoms with E-state index in [0.717, 1.165) is 4.31 Å². The lowest BCUT2D eigenvalue weighted by Crippen LogP contribution is -2.56. The van der Waals surface area contributed by atoms with Crippen LogP contribution in [0.25, 0.3) is 0 Å². The van der Waals surface area contributed by atoms with Gasteiger partial charge in [-0.1, -0.05) is 6.42 Å². The molecule has 2 fully saturated rings. The molecule has 138 valence electrons. The van der Waals surface area contributed by atoms with Crippen molar-refractivity contribution in [3.8, 4) is 0 Å². The van der Waals surface area contributed by atoms with Crippen LogP contribution in [0.4, 0.5) is 0 Å². The van der Waals surface area contributed by atoms with Gasteiger partial charge in [-0.2, -0.15) is 17.4 Å². The zero-order chi connectivity index (χ0) is 18.3. The molecule has 0 aromatic heterocycles. The number of aliphatic carboxylic acids is 1. The quantitative estimate of drug-likeness (QED) is 0.251. The van der Waals surface area contributed by atoms with E-state index in [9.17, 15) is 18.3 Å². The standard InChI is InChI=1S/C12H25BN4O6S/c1-11(5-9(11)14)16-24(22,23)17-6-8(3-2-4-13(20)21)12(15,7-17)10(18)19/h8-9,16,20-21H,2-7,14-15H2,1H3,(H,18,19)/t8-,9+,11+,12-/m0/s1. The SMILES string of the molecule is C[C@@]1(NS(=O)(=O)N2C[C@H](CCCB(O)O)[C@](N)(C(=O)O)C2)C[C@H]1N. The second-order valence-corrected chi connectivity index (χ2v) is 8.75. The fourth-order valence-electron chi connectivity index (χ4n) is 3.09. The third-order valence-electron chi connectivity index (χ3n) is 5.01. The van der Waals surface area contributed by atoms with Crippen LogP contribution in [0.5, 0.6) is 0 Å². The van der Waals surface area contributed by atoms with Crippen LogP contribution in [0.2, 0.25) is 6.32 Å². The Morgan fingerprint density at radius 3 is 2.50 bits per heavy atom. The number of hydrogen-bond donors (Lipinski definition) is 6. The summed E-state index contributed by atoms with van der Waals surface area (Å²) in [7, 11) is -5.39. The van der Waals surface area contributed by atoms with E-state index in [1.165, 1.54) is 0 Å². The van der Waals surface area contributed by atoms with Crippen LogP contribution in [-0.4, -0.2) is 71.2 Å². The van der Waals surface area contributed by atoms with Gasteiger partial charge in [0.2, 0.25) is 0 Å². The topological polar surface area (TPSA) is 179 Å². The van der Waals surface area contributed by atoms with Crippen molar-refractivity contribution >= 4 is 23.3 Å².